The molecule has 2 aromatic carbocycles. The summed E-state index contributed by atoms with van der Waals surface area (Å²) < 4.78 is 29.4. The van der Waals surface area contributed by atoms with Crippen molar-refractivity contribution in [3.05, 3.63) is 53.3 Å². The van der Waals surface area contributed by atoms with Gasteiger partial charge in [-0.3, -0.25) is 0 Å². The predicted molar refractivity (Wildman–Crippen MR) is 77.7 cm³/mol. The molecule has 0 spiro atoms. The molecule has 22 heavy (non-hydrogen) atoms. The highest BCUT2D eigenvalue weighted by Crippen LogP contribution is 2.42. The average molecular weight is 303 g/mol. The van der Waals surface area contributed by atoms with E-state index >= 15 is 0 Å². The van der Waals surface area contributed by atoms with Crippen LogP contribution < -0.4 is 14.8 Å². The number of benzene rings is 2. The van der Waals surface area contributed by atoms with Gasteiger partial charge in [0.15, 0.2) is 11.5 Å². The summed E-state index contributed by atoms with van der Waals surface area (Å²) in [7, 11) is 2.93. The number of nitrogens with one attached hydrogen (secondary N) is 1. The molecule has 0 saturated heterocycles. The molecule has 6 heteroatoms. The molecule has 0 amide bonds. The number of methoxy groups -OCH3 is 2. The van der Waals surface area contributed by atoms with Crippen LogP contribution in [0.15, 0.2) is 36.4 Å². The lowest BCUT2D eigenvalue weighted by atomic mass is 10.1. The third kappa shape index (κ3) is 2.22. The first-order valence-corrected chi connectivity index (χ1v) is 6.62. The molecule has 1 aliphatic heterocycles. The smallest absolute Gasteiger partial charge is 0.344 e. The standard InChI is InChI=1S/C16H14FNO4/c1-20-12-8-7-9-13(14(12)21-2)16(19)22-15(9)18-11-6-4-3-5-10(11)17/h3-8,15,18H,1-2H3/t15-/m1/s1. The number of hydrogen-bond acceptors (Lipinski definition) is 5. The summed E-state index contributed by atoms with van der Waals surface area (Å²) in [4.78, 5) is 12.1. The van der Waals surface area contributed by atoms with Crippen LogP contribution in [0.4, 0.5) is 10.1 Å². The number of halogens is 1. The van der Waals surface area contributed by atoms with Gasteiger partial charge >= 0.3 is 5.97 Å². The maximum absolute atomic E-state index is 13.7. The number of carbonyl (C=O) groups is 1. The van der Waals surface area contributed by atoms with Gasteiger partial charge in [-0.15, -0.1) is 0 Å². The largest absolute Gasteiger partial charge is 0.493 e. The Hall–Kier alpha value is -2.76. The summed E-state index contributed by atoms with van der Waals surface area (Å²) in [6.07, 6.45) is -0.779. The number of ether oxygens (including phenoxy) is 3. The van der Waals surface area contributed by atoms with E-state index in [0.29, 0.717) is 17.1 Å². The van der Waals surface area contributed by atoms with Crippen LogP contribution in [0.25, 0.3) is 0 Å². The van der Waals surface area contributed by atoms with Gasteiger partial charge in [0.1, 0.15) is 11.4 Å². The number of hydrogen-bond donors (Lipinski definition) is 1. The molecule has 0 radical (unpaired) electrons. The maximum Gasteiger partial charge on any atom is 0.344 e. The van der Waals surface area contributed by atoms with Gasteiger partial charge in [-0.2, -0.15) is 0 Å². The number of cyclic esters (lactones) is 1. The fraction of sp³-hybridized carbons (Fsp3) is 0.188. The molecule has 0 saturated carbocycles. The molecular weight excluding hydrogens is 289 g/mol. The molecule has 0 aliphatic carbocycles. The Morgan fingerprint density at radius 2 is 1.91 bits per heavy atom. The first kappa shape index (κ1) is 14.2. The first-order chi connectivity index (χ1) is 10.7. The van der Waals surface area contributed by atoms with Crippen molar-refractivity contribution >= 4 is 11.7 Å². The fourth-order valence-corrected chi connectivity index (χ4v) is 2.43. The third-order valence-corrected chi connectivity index (χ3v) is 3.45. The lowest BCUT2D eigenvalue weighted by molar-refractivity contribution is 0.0434. The van der Waals surface area contributed by atoms with Gasteiger partial charge in [-0.25, -0.2) is 9.18 Å². The normalized spacial score (nSPS) is 16.0. The Balaban J connectivity index is 2.00. The summed E-state index contributed by atoms with van der Waals surface area (Å²) >= 11 is 0. The van der Waals surface area contributed by atoms with Crippen molar-refractivity contribution < 1.29 is 23.4 Å². The van der Waals surface area contributed by atoms with Crippen LogP contribution in [0.1, 0.15) is 22.1 Å². The van der Waals surface area contributed by atoms with E-state index in [9.17, 15) is 9.18 Å². The number of para-hydroxylation sites is 1. The maximum atomic E-state index is 13.7. The summed E-state index contributed by atoms with van der Waals surface area (Å²) in [5.41, 5.74) is 1.12. The predicted octanol–water partition coefficient (Wildman–Crippen LogP) is 3.12. The molecule has 0 aromatic heterocycles. The molecule has 1 heterocycles. The van der Waals surface area contributed by atoms with E-state index in [-0.39, 0.29) is 11.3 Å². The van der Waals surface area contributed by atoms with Crippen molar-refractivity contribution in [3.8, 4) is 11.5 Å². The number of rotatable bonds is 4. The van der Waals surface area contributed by atoms with E-state index in [4.69, 9.17) is 14.2 Å². The Morgan fingerprint density at radius 3 is 2.59 bits per heavy atom. The minimum atomic E-state index is -0.779. The molecule has 2 aromatic rings. The lowest BCUT2D eigenvalue weighted by Gasteiger charge is -2.15. The molecule has 1 atom stereocenters. The highest BCUT2D eigenvalue weighted by atomic mass is 19.1. The molecule has 1 aliphatic rings. The van der Waals surface area contributed by atoms with Gasteiger partial charge in [0.25, 0.3) is 0 Å². The molecule has 0 bridgehead atoms. The number of fused-ring (bicyclic) bond motifs is 1. The van der Waals surface area contributed by atoms with E-state index in [2.05, 4.69) is 5.32 Å². The second-order valence-corrected chi connectivity index (χ2v) is 4.67. The van der Waals surface area contributed by atoms with Crippen LogP contribution in [0.2, 0.25) is 0 Å². The molecule has 0 fully saturated rings. The summed E-state index contributed by atoms with van der Waals surface area (Å²) in [5, 5.41) is 2.87. The van der Waals surface area contributed by atoms with Crippen molar-refractivity contribution in [2.75, 3.05) is 19.5 Å². The Labute approximate surface area is 126 Å². The van der Waals surface area contributed by atoms with Gasteiger partial charge in [0.2, 0.25) is 6.23 Å². The zero-order valence-electron chi connectivity index (χ0n) is 12.1. The van der Waals surface area contributed by atoms with Crippen molar-refractivity contribution in [2.24, 2.45) is 0 Å². The monoisotopic (exact) mass is 303 g/mol. The van der Waals surface area contributed by atoms with E-state index in [1.54, 1.807) is 30.3 Å². The lowest BCUT2D eigenvalue weighted by Crippen LogP contribution is -2.11. The summed E-state index contributed by atoms with van der Waals surface area (Å²) in [5.74, 6) is -0.223. The highest BCUT2D eigenvalue weighted by Gasteiger charge is 2.36. The van der Waals surface area contributed by atoms with Crippen LogP contribution in [0.3, 0.4) is 0 Å². The van der Waals surface area contributed by atoms with Gasteiger partial charge in [0, 0.05) is 5.56 Å². The molecular formula is C16H14FNO4. The minimum Gasteiger partial charge on any atom is -0.493 e. The van der Waals surface area contributed by atoms with Gasteiger partial charge < -0.3 is 19.5 Å². The Morgan fingerprint density at radius 1 is 1.14 bits per heavy atom. The Kier molecular flexibility index (Phi) is 3.58. The zero-order chi connectivity index (χ0) is 15.7. The first-order valence-electron chi connectivity index (χ1n) is 6.62. The second-order valence-electron chi connectivity index (χ2n) is 4.67. The second kappa shape index (κ2) is 5.55. The molecule has 3 rings (SSSR count). The quantitative estimate of drug-likeness (QED) is 0.879. The van der Waals surface area contributed by atoms with E-state index in [1.807, 2.05) is 0 Å². The third-order valence-electron chi connectivity index (χ3n) is 3.45. The number of carbonyl (C=O) groups excluding carboxylic acids is 1. The van der Waals surface area contributed by atoms with Crippen LogP contribution in [-0.4, -0.2) is 20.2 Å². The number of anilines is 1. The molecule has 114 valence electrons. The van der Waals surface area contributed by atoms with Gasteiger partial charge in [0.05, 0.1) is 19.9 Å². The average Bonchev–Trinajstić information content (AvgIpc) is 2.85. The van der Waals surface area contributed by atoms with Crippen molar-refractivity contribution in [1.29, 1.82) is 0 Å². The van der Waals surface area contributed by atoms with Crippen LogP contribution >= 0.6 is 0 Å². The van der Waals surface area contributed by atoms with Crippen molar-refractivity contribution in [1.82, 2.24) is 0 Å². The summed E-state index contributed by atoms with van der Waals surface area (Å²) in [6.45, 7) is 0. The number of esters is 1. The van der Waals surface area contributed by atoms with Gasteiger partial charge in [-0.05, 0) is 24.3 Å². The molecule has 1 N–H and O–H groups in total. The highest BCUT2D eigenvalue weighted by molar-refractivity contribution is 5.98. The van der Waals surface area contributed by atoms with E-state index < -0.39 is 18.0 Å². The molecule has 5 nitrogen and oxygen atoms in total. The van der Waals surface area contributed by atoms with Gasteiger partial charge in [-0.1, -0.05) is 12.1 Å². The summed E-state index contributed by atoms with van der Waals surface area (Å²) in [6, 6.07) is 9.55. The minimum absolute atomic E-state index is 0.253. The van der Waals surface area contributed by atoms with Crippen molar-refractivity contribution in [3.63, 3.8) is 0 Å². The van der Waals surface area contributed by atoms with Crippen LogP contribution in [0.5, 0.6) is 11.5 Å². The zero-order valence-corrected chi connectivity index (χ0v) is 12.1. The van der Waals surface area contributed by atoms with E-state index in [1.165, 1.54) is 20.3 Å². The SMILES string of the molecule is COc1ccc2c(c1OC)C(=O)O[C@H]2Nc1ccccc1F. The molecule has 0 unspecified atom stereocenters. The topological polar surface area (TPSA) is 56.8 Å². The Bertz CT molecular complexity index is 732. The van der Waals surface area contributed by atoms with E-state index in [0.717, 1.165) is 0 Å². The van der Waals surface area contributed by atoms with Crippen LogP contribution in [-0.2, 0) is 4.74 Å². The van der Waals surface area contributed by atoms with Crippen LogP contribution in [0, 0.1) is 5.82 Å². The van der Waals surface area contributed by atoms with Crippen molar-refractivity contribution in [2.45, 2.75) is 6.23 Å². The fourth-order valence-electron chi connectivity index (χ4n) is 2.43.